The number of anilines is 1. The molecule has 1 atom stereocenters. The van der Waals surface area contributed by atoms with E-state index in [9.17, 15) is 19.6 Å². The van der Waals surface area contributed by atoms with E-state index in [4.69, 9.17) is 4.74 Å². The third kappa shape index (κ3) is 5.63. The van der Waals surface area contributed by atoms with Crippen molar-refractivity contribution in [2.75, 3.05) is 5.32 Å². The van der Waals surface area contributed by atoms with Crippen LogP contribution in [0.5, 0.6) is 0 Å². The highest BCUT2D eigenvalue weighted by Crippen LogP contribution is 2.05. The van der Waals surface area contributed by atoms with Crippen LogP contribution in [0.15, 0.2) is 54.6 Å². The molecule has 0 saturated heterocycles. The predicted molar refractivity (Wildman–Crippen MR) is 94.1 cm³/mol. The second-order valence-corrected chi connectivity index (χ2v) is 5.38. The fourth-order valence-corrected chi connectivity index (χ4v) is 2.08. The summed E-state index contributed by atoms with van der Waals surface area (Å²) in [6, 6.07) is 14.6. The molecular weight excluding hydrogens is 323 g/mol. The van der Waals surface area contributed by atoms with E-state index in [-0.39, 0.29) is 17.8 Å². The van der Waals surface area contributed by atoms with Crippen molar-refractivity contribution in [3.8, 4) is 0 Å². The number of nitrogens with one attached hydrogen (secondary N) is 2. The van der Waals surface area contributed by atoms with Crippen molar-refractivity contribution < 1.29 is 24.4 Å². The van der Waals surface area contributed by atoms with E-state index >= 15 is 0 Å². The molecule has 25 heavy (non-hydrogen) atoms. The maximum atomic E-state index is 12.2. The molecule has 0 fully saturated rings. The van der Waals surface area contributed by atoms with Gasteiger partial charge in [0.1, 0.15) is 12.6 Å². The van der Waals surface area contributed by atoms with Crippen molar-refractivity contribution in [3.05, 3.63) is 60.2 Å². The van der Waals surface area contributed by atoms with Gasteiger partial charge >= 0.3 is 13.2 Å². The average molecular weight is 342 g/mol. The van der Waals surface area contributed by atoms with Crippen LogP contribution in [0, 0.1) is 0 Å². The molecule has 0 radical (unpaired) electrons. The summed E-state index contributed by atoms with van der Waals surface area (Å²) in [5, 5.41) is 23.6. The number of hydrogen-bond acceptors (Lipinski definition) is 5. The molecule has 4 N–H and O–H groups in total. The molecule has 0 bridgehead atoms. The van der Waals surface area contributed by atoms with E-state index < -0.39 is 25.2 Å². The molecule has 2 aromatic rings. The van der Waals surface area contributed by atoms with E-state index in [1.807, 2.05) is 30.3 Å². The number of ether oxygens (including phenoxy) is 1. The first-order chi connectivity index (χ1) is 12.0. The second kappa shape index (κ2) is 8.86. The molecule has 7 nitrogen and oxygen atoms in total. The number of carbonyl (C=O) groups is 2. The summed E-state index contributed by atoms with van der Waals surface area (Å²) in [6.07, 6.45) is -0.720. The fourth-order valence-electron chi connectivity index (χ4n) is 2.08. The van der Waals surface area contributed by atoms with Crippen LogP contribution in [0.3, 0.4) is 0 Å². The van der Waals surface area contributed by atoms with Crippen molar-refractivity contribution in [1.29, 1.82) is 0 Å². The van der Waals surface area contributed by atoms with Gasteiger partial charge in [0.05, 0.1) is 0 Å². The summed E-state index contributed by atoms with van der Waals surface area (Å²) < 4.78 is 5.05. The van der Waals surface area contributed by atoms with Gasteiger partial charge < -0.3 is 25.4 Å². The summed E-state index contributed by atoms with van der Waals surface area (Å²) >= 11 is 0. The fraction of sp³-hybridized carbons (Fsp3) is 0.176. The van der Waals surface area contributed by atoms with Crippen LogP contribution in [0.4, 0.5) is 10.5 Å². The van der Waals surface area contributed by atoms with Crippen molar-refractivity contribution in [2.24, 2.45) is 0 Å². The number of carbonyl (C=O) groups excluding carboxylic acids is 2. The van der Waals surface area contributed by atoms with Gasteiger partial charge in [0.2, 0.25) is 5.91 Å². The third-order valence-corrected chi connectivity index (χ3v) is 3.44. The number of alkyl carbamates (subject to hydrolysis) is 1. The summed E-state index contributed by atoms with van der Waals surface area (Å²) in [6.45, 7) is 1.59. The lowest BCUT2D eigenvalue weighted by Crippen LogP contribution is -2.43. The molecule has 2 amide bonds. The van der Waals surface area contributed by atoms with Crippen LogP contribution >= 0.6 is 0 Å². The van der Waals surface area contributed by atoms with Gasteiger partial charge in [0, 0.05) is 11.2 Å². The Bertz CT molecular complexity index is 724. The Morgan fingerprint density at radius 3 is 2.40 bits per heavy atom. The monoisotopic (exact) mass is 342 g/mol. The van der Waals surface area contributed by atoms with Crippen LogP contribution in [-0.2, 0) is 16.1 Å². The number of amides is 2. The molecule has 0 aromatic heterocycles. The first kappa shape index (κ1) is 18.5. The smallest absolute Gasteiger partial charge is 0.445 e. The Kier molecular flexibility index (Phi) is 6.56. The van der Waals surface area contributed by atoms with Crippen molar-refractivity contribution >= 4 is 30.3 Å². The standard InChI is InChI=1S/C17H19BN2O5/c1-12(19-17(22)25-11-13-7-3-2-4-8-13)16(21)20-15-10-6-5-9-14(15)18(23)24/h2-10,12,23-24H,11H2,1H3,(H,19,22)(H,20,21)/t12-/m0/s1. The SMILES string of the molecule is C[C@H](NC(=O)OCc1ccccc1)C(=O)Nc1ccccc1B(O)O. The zero-order valence-electron chi connectivity index (χ0n) is 13.7. The molecule has 0 heterocycles. The summed E-state index contributed by atoms with van der Waals surface area (Å²) in [5.41, 5.74) is 1.25. The minimum Gasteiger partial charge on any atom is -0.445 e. The normalized spacial score (nSPS) is 11.3. The Morgan fingerprint density at radius 1 is 1.08 bits per heavy atom. The lowest BCUT2D eigenvalue weighted by Gasteiger charge is -2.16. The zero-order valence-corrected chi connectivity index (χ0v) is 13.7. The lowest BCUT2D eigenvalue weighted by molar-refractivity contribution is -0.117. The number of hydrogen-bond donors (Lipinski definition) is 4. The molecule has 0 aliphatic heterocycles. The van der Waals surface area contributed by atoms with E-state index in [2.05, 4.69) is 10.6 Å². The molecule has 130 valence electrons. The van der Waals surface area contributed by atoms with Gasteiger partial charge in [0.25, 0.3) is 0 Å². The van der Waals surface area contributed by atoms with Crippen molar-refractivity contribution in [2.45, 2.75) is 19.6 Å². The molecule has 0 unspecified atom stereocenters. The van der Waals surface area contributed by atoms with Gasteiger partial charge in [-0.15, -0.1) is 0 Å². The topological polar surface area (TPSA) is 108 Å². The van der Waals surface area contributed by atoms with Gasteiger partial charge in [0.15, 0.2) is 0 Å². The molecule has 2 rings (SSSR count). The molecule has 0 aliphatic carbocycles. The third-order valence-electron chi connectivity index (χ3n) is 3.44. The molecule has 0 aliphatic rings. The van der Waals surface area contributed by atoms with Crippen LogP contribution in [0.25, 0.3) is 0 Å². The minimum atomic E-state index is -1.71. The number of para-hydroxylation sites is 1. The summed E-state index contributed by atoms with van der Waals surface area (Å²) in [5.74, 6) is -0.509. The zero-order chi connectivity index (χ0) is 18.2. The largest absolute Gasteiger partial charge is 0.490 e. The predicted octanol–water partition coefficient (Wildman–Crippen LogP) is 0.620. The lowest BCUT2D eigenvalue weighted by atomic mass is 9.79. The highest BCUT2D eigenvalue weighted by molar-refractivity contribution is 6.60. The highest BCUT2D eigenvalue weighted by Gasteiger charge is 2.20. The van der Waals surface area contributed by atoms with E-state index in [0.717, 1.165) is 5.56 Å². The van der Waals surface area contributed by atoms with Gasteiger partial charge in [-0.05, 0) is 18.6 Å². The number of benzene rings is 2. The van der Waals surface area contributed by atoms with Gasteiger partial charge in [-0.1, -0.05) is 48.5 Å². The Labute approximate surface area is 145 Å². The Hall–Kier alpha value is -2.84. The van der Waals surface area contributed by atoms with Gasteiger partial charge in [-0.2, -0.15) is 0 Å². The maximum absolute atomic E-state index is 12.2. The van der Waals surface area contributed by atoms with E-state index in [0.29, 0.717) is 0 Å². The molecule has 0 spiro atoms. The summed E-state index contributed by atoms with van der Waals surface area (Å²) in [7, 11) is -1.71. The number of rotatable bonds is 6. The highest BCUT2D eigenvalue weighted by atomic mass is 16.5. The van der Waals surface area contributed by atoms with E-state index in [1.165, 1.54) is 19.1 Å². The van der Waals surface area contributed by atoms with Crippen molar-refractivity contribution in [3.63, 3.8) is 0 Å². The minimum absolute atomic E-state index is 0.0978. The van der Waals surface area contributed by atoms with Crippen LogP contribution in [0.2, 0.25) is 0 Å². The first-order valence-electron chi connectivity index (χ1n) is 7.70. The Morgan fingerprint density at radius 2 is 1.72 bits per heavy atom. The summed E-state index contributed by atoms with van der Waals surface area (Å²) in [4.78, 5) is 23.9. The van der Waals surface area contributed by atoms with Crippen LogP contribution in [0.1, 0.15) is 12.5 Å². The first-order valence-corrected chi connectivity index (χ1v) is 7.70. The molecular formula is C17H19BN2O5. The Balaban J connectivity index is 1.87. The maximum Gasteiger partial charge on any atom is 0.490 e. The second-order valence-electron chi connectivity index (χ2n) is 5.38. The van der Waals surface area contributed by atoms with E-state index in [1.54, 1.807) is 12.1 Å². The van der Waals surface area contributed by atoms with Crippen LogP contribution < -0.4 is 16.1 Å². The average Bonchev–Trinajstić information content (AvgIpc) is 2.61. The van der Waals surface area contributed by atoms with Crippen molar-refractivity contribution in [1.82, 2.24) is 5.32 Å². The van der Waals surface area contributed by atoms with Gasteiger partial charge in [-0.25, -0.2) is 4.79 Å². The molecule has 2 aromatic carbocycles. The quantitative estimate of drug-likeness (QED) is 0.576. The molecule has 0 saturated carbocycles. The van der Waals surface area contributed by atoms with Gasteiger partial charge in [-0.3, -0.25) is 4.79 Å². The molecule has 8 heteroatoms. The van der Waals surface area contributed by atoms with Crippen LogP contribution in [-0.4, -0.2) is 35.2 Å².